The molecule has 10 heteroatoms. The van der Waals surface area contributed by atoms with E-state index in [0.29, 0.717) is 11.6 Å². The highest BCUT2D eigenvalue weighted by Gasteiger charge is 2.39. The summed E-state index contributed by atoms with van der Waals surface area (Å²) in [5, 5.41) is 0. The predicted molar refractivity (Wildman–Crippen MR) is 93.0 cm³/mol. The average Bonchev–Trinajstić information content (AvgIpc) is 2.52. The zero-order valence-corrected chi connectivity index (χ0v) is 15.1. The van der Waals surface area contributed by atoms with E-state index in [-0.39, 0.29) is 10.5 Å². The van der Waals surface area contributed by atoms with Crippen molar-refractivity contribution in [3.8, 4) is 0 Å². The van der Waals surface area contributed by atoms with Crippen molar-refractivity contribution in [1.82, 2.24) is 0 Å². The van der Waals surface area contributed by atoms with E-state index in [4.69, 9.17) is 11.5 Å². The van der Waals surface area contributed by atoms with Gasteiger partial charge in [-0.3, -0.25) is 4.79 Å². The maximum atomic E-state index is 13.6. The number of benzene rings is 2. The van der Waals surface area contributed by atoms with Crippen LogP contribution in [0.1, 0.15) is 27.0 Å². The van der Waals surface area contributed by atoms with E-state index in [2.05, 4.69) is 4.99 Å². The van der Waals surface area contributed by atoms with Gasteiger partial charge >= 0.3 is 6.18 Å². The van der Waals surface area contributed by atoms with Crippen molar-refractivity contribution in [3.05, 3.63) is 58.7 Å². The highest BCUT2D eigenvalue weighted by molar-refractivity contribution is 7.91. The van der Waals surface area contributed by atoms with Crippen LogP contribution in [0.25, 0.3) is 0 Å². The maximum Gasteiger partial charge on any atom is 0.417 e. The molecule has 0 aliphatic carbocycles. The minimum atomic E-state index is -5.02. The number of halogens is 3. The van der Waals surface area contributed by atoms with Gasteiger partial charge in [0, 0.05) is 5.56 Å². The minimum Gasteiger partial charge on any atom is -0.370 e. The van der Waals surface area contributed by atoms with Gasteiger partial charge in [-0.15, -0.1) is 0 Å². The molecule has 0 fully saturated rings. The summed E-state index contributed by atoms with van der Waals surface area (Å²) in [5.74, 6) is -1.72. The summed E-state index contributed by atoms with van der Waals surface area (Å²) in [5.41, 5.74) is 8.81. The molecule has 0 unspecified atom stereocenters. The van der Waals surface area contributed by atoms with Crippen molar-refractivity contribution in [2.45, 2.75) is 29.8 Å². The molecule has 0 bridgehead atoms. The minimum absolute atomic E-state index is 0.00997. The molecule has 1 amide bonds. The van der Waals surface area contributed by atoms with Crippen LogP contribution >= 0.6 is 0 Å². The monoisotopic (exact) mass is 399 g/mol. The van der Waals surface area contributed by atoms with E-state index in [1.807, 2.05) is 0 Å². The van der Waals surface area contributed by atoms with Crippen LogP contribution in [0.5, 0.6) is 0 Å². The molecular weight excluding hydrogens is 383 g/mol. The normalized spacial score (nSPS) is 11.9. The van der Waals surface area contributed by atoms with E-state index in [1.165, 1.54) is 25.1 Å². The number of sulfone groups is 1. The molecule has 0 aromatic heterocycles. The Morgan fingerprint density at radius 2 is 1.70 bits per heavy atom. The van der Waals surface area contributed by atoms with Gasteiger partial charge in [0.05, 0.1) is 15.4 Å². The first-order valence-electron chi connectivity index (χ1n) is 7.51. The number of hydrogen-bond donors (Lipinski definition) is 2. The fraction of sp³-hybridized carbons (Fsp3) is 0.176. The van der Waals surface area contributed by atoms with Gasteiger partial charge in [-0.2, -0.15) is 18.2 Å². The summed E-state index contributed by atoms with van der Waals surface area (Å²) in [6.07, 6.45) is -5.02. The van der Waals surface area contributed by atoms with E-state index in [9.17, 15) is 26.4 Å². The first-order valence-corrected chi connectivity index (χ1v) is 9.00. The molecule has 2 aromatic rings. The van der Waals surface area contributed by atoms with Crippen LogP contribution in [0.2, 0.25) is 0 Å². The number of nitrogens with two attached hydrogens (primary N) is 2. The fourth-order valence-corrected chi connectivity index (χ4v) is 4.09. The number of aliphatic imine (C=N–C) groups is 1. The molecule has 0 heterocycles. The Labute approximate surface area is 153 Å². The van der Waals surface area contributed by atoms with E-state index < -0.39 is 43.9 Å². The number of amides is 1. The summed E-state index contributed by atoms with van der Waals surface area (Å²) in [6, 6.07) is 6.77. The van der Waals surface area contributed by atoms with Crippen LogP contribution in [0.3, 0.4) is 0 Å². The van der Waals surface area contributed by atoms with Crippen molar-refractivity contribution in [2.75, 3.05) is 0 Å². The standard InChI is InChI=1S/C17H16F3N3O3S/c1-9-4-3-5-11(6-9)27(25,26)14-7-10(2)12(15(24)23-16(21)22)8-13(14)17(18,19)20/h3-8H,1-2H3,(H4,21,22,23,24). The molecule has 0 atom stereocenters. The number of nitrogens with zero attached hydrogens (tertiary/aromatic N) is 1. The lowest BCUT2D eigenvalue weighted by molar-refractivity contribution is -0.139. The smallest absolute Gasteiger partial charge is 0.370 e. The highest BCUT2D eigenvalue weighted by atomic mass is 32.2. The first kappa shape index (κ1) is 20.4. The van der Waals surface area contributed by atoms with E-state index >= 15 is 0 Å². The zero-order chi connectivity index (χ0) is 20.6. The molecule has 2 aromatic carbocycles. The third kappa shape index (κ3) is 4.27. The third-order valence-corrected chi connectivity index (χ3v) is 5.47. The Morgan fingerprint density at radius 1 is 1.07 bits per heavy atom. The topological polar surface area (TPSA) is 116 Å². The third-order valence-electron chi connectivity index (χ3n) is 3.68. The largest absolute Gasteiger partial charge is 0.417 e. The molecule has 0 saturated heterocycles. The second-order valence-corrected chi connectivity index (χ2v) is 7.74. The van der Waals surface area contributed by atoms with Crippen molar-refractivity contribution in [2.24, 2.45) is 16.5 Å². The van der Waals surface area contributed by atoms with Gasteiger partial charge < -0.3 is 11.5 Å². The van der Waals surface area contributed by atoms with Crippen molar-refractivity contribution < 1.29 is 26.4 Å². The molecule has 0 spiro atoms. The lowest BCUT2D eigenvalue weighted by Crippen LogP contribution is -2.24. The number of guanidine groups is 1. The average molecular weight is 399 g/mol. The van der Waals surface area contributed by atoms with Crippen LogP contribution in [0.15, 0.2) is 51.2 Å². The molecule has 0 saturated carbocycles. The second kappa shape index (κ2) is 7.03. The Morgan fingerprint density at radius 3 is 2.22 bits per heavy atom. The summed E-state index contributed by atoms with van der Waals surface area (Å²) in [4.78, 5) is 13.9. The molecule has 0 aliphatic heterocycles. The molecule has 6 nitrogen and oxygen atoms in total. The van der Waals surface area contributed by atoms with Crippen LogP contribution < -0.4 is 11.5 Å². The number of rotatable bonds is 3. The van der Waals surface area contributed by atoms with Gasteiger partial charge in [0.2, 0.25) is 9.84 Å². The SMILES string of the molecule is Cc1cccc(S(=O)(=O)c2cc(C)c(C(=O)N=C(N)N)cc2C(F)(F)F)c1. The van der Waals surface area contributed by atoms with Crippen molar-refractivity contribution in [1.29, 1.82) is 0 Å². The van der Waals surface area contributed by atoms with Crippen LogP contribution in [-0.4, -0.2) is 20.3 Å². The van der Waals surface area contributed by atoms with Gasteiger partial charge in [0.1, 0.15) is 0 Å². The van der Waals surface area contributed by atoms with Gasteiger partial charge in [0.15, 0.2) is 5.96 Å². The second-order valence-electron chi connectivity index (χ2n) is 5.82. The van der Waals surface area contributed by atoms with Crippen LogP contribution in [0, 0.1) is 13.8 Å². The molecule has 0 radical (unpaired) electrons. The van der Waals surface area contributed by atoms with Crippen molar-refractivity contribution >= 4 is 21.7 Å². The maximum absolute atomic E-state index is 13.6. The Hall–Kier alpha value is -2.88. The summed E-state index contributed by atoms with van der Waals surface area (Å²) < 4.78 is 66.3. The lowest BCUT2D eigenvalue weighted by Gasteiger charge is -2.16. The molecule has 144 valence electrons. The number of aryl methyl sites for hydroxylation is 2. The van der Waals surface area contributed by atoms with Crippen LogP contribution in [0.4, 0.5) is 13.2 Å². The predicted octanol–water partition coefficient (Wildman–Crippen LogP) is 2.57. The zero-order valence-electron chi connectivity index (χ0n) is 14.3. The summed E-state index contributed by atoms with van der Waals surface area (Å²) in [7, 11) is -4.48. The molecular formula is C17H16F3N3O3S. The van der Waals surface area contributed by atoms with Crippen LogP contribution in [-0.2, 0) is 16.0 Å². The molecule has 4 N–H and O–H groups in total. The van der Waals surface area contributed by atoms with Gasteiger partial charge in [-0.1, -0.05) is 12.1 Å². The van der Waals surface area contributed by atoms with Crippen molar-refractivity contribution in [3.63, 3.8) is 0 Å². The molecule has 2 rings (SSSR count). The number of carbonyl (C=O) groups is 1. The summed E-state index contributed by atoms with van der Waals surface area (Å²) >= 11 is 0. The molecule has 0 aliphatic rings. The van der Waals surface area contributed by atoms with Gasteiger partial charge in [-0.05, 0) is 49.2 Å². The lowest BCUT2D eigenvalue weighted by atomic mass is 10.0. The Bertz CT molecular complexity index is 1040. The van der Waals surface area contributed by atoms with E-state index in [0.717, 1.165) is 6.07 Å². The Kier molecular flexibility index (Phi) is 5.32. The quantitative estimate of drug-likeness (QED) is 0.608. The van der Waals surface area contributed by atoms with Gasteiger partial charge in [0.25, 0.3) is 5.91 Å². The number of carbonyl (C=O) groups excluding carboxylic acids is 1. The van der Waals surface area contributed by atoms with Gasteiger partial charge in [-0.25, -0.2) is 8.42 Å². The molecule has 27 heavy (non-hydrogen) atoms. The number of hydrogen-bond acceptors (Lipinski definition) is 3. The number of alkyl halides is 3. The highest BCUT2D eigenvalue weighted by Crippen LogP contribution is 2.38. The fourth-order valence-electron chi connectivity index (χ4n) is 2.44. The summed E-state index contributed by atoms with van der Waals surface area (Å²) in [6.45, 7) is 2.91. The Balaban J connectivity index is 2.79. The van der Waals surface area contributed by atoms with E-state index in [1.54, 1.807) is 13.0 Å². The first-order chi connectivity index (χ1) is 12.3.